The fourth-order valence-electron chi connectivity index (χ4n) is 1.43. The molecule has 0 aliphatic carbocycles. The van der Waals surface area contributed by atoms with E-state index in [4.69, 9.17) is 9.47 Å². The molecule has 0 atom stereocenters. The van der Waals surface area contributed by atoms with Gasteiger partial charge in [-0.2, -0.15) is 0 Å². The second kappa shape index (κ2) is 6.63. The molecule has 0 saturated heterocycles. The van der Waals surface area contributed by atoms with Gasteiger partial charge in [0.2, 0.25) is 0 Å². The maximum absolute atomic E-state index is 12.7. The number of hydrogen-bond acceptors (Lipinski definition) is 4. The van der Waals surface area contributed by atoms with Gasteiger partial charge >= 0.3 is 5.97 Å². The number of carbonyl (C=O) groups excluding carboxylic acids is 1. The van der Waals surface area contributed by atoms with Gasteiger partial charge in [-0.15, -0.1) is 0 Å². The number of carbonyl (C=O) groups is 1. The fraction of sp³-hybridized carbons (Fsp3) is 0.455. The lowest BCUT2D eigenvalue weighted by molar-refractivity contribution is -0.142. The lowest BCUT2D eigenvalue weighted by Crippen LogP contribution is -2.11. The minimum Gasteiger partial charge on any atom is -0.494 e. The summed E-state index contributed by atoms with van der Waals surface area (Å²) in [6.45, 7) is 1.90. The lowest BCUT2D eigenvalue weighted by atomic mass is 10.1. The third-order valence-electron chi connectivity index (χ3n) is 2.15. The minimum atomic E-state index is -2.77. The molecule has 1 aromatic rings. The van der Waals surface area contributed by atoms with E-state index in [1.54, 1.807) is 6.92 Å². The number of nitrogens with zero attached hydrogens (tertiary/aromatic N) is 1. The first-order chi connectivity index (χ1) is 8.51. The van der Waals surface area contributed by atoms with Crippen molar-refractivity contribution in [3.63, 3.8) is 0 Å². The molecule has 0 unspecified atom stereocenters. The van der Waals surface area contributed by atoms with E-state index in [0.29, 0.717) is 10.0 Å². The molecule has 7 heteroatoms. The Labute approximate surface area is 111 Å². The molecule has 0 aromatic carbocycles. The number of alkyl halides is 2. The summed E-state index contributed by atoms with van der Waals surface area (Å²) in [6, 6.07) is 0. The van der Waals surface area contributed by atoms with E-state index in [2.05, 4.69) is 20.9 Å². The van der Waals surface area contributed by atoms with Crippen LogP contribution >= 0.6 is 15.9 Å². The van der Waals surface area contributed by atoms with Crippen molar-refractivity contribution in [2.45, 2.75) is 19.8 Å². The molecule has 0 aliphatic rings. The van der Waals surface area contributed by atoms with E-state index in [9.17, 15) is 13.6 Å². The minimum absolute atomic E-state index is 0.0903. The first kappa shape index (κ1) is 14.8. The molecule has 1 aromatic heterocycles. The van der Waals surface area contributed by atoms with E-state index in [1.165, 1.54) is 13.3 Å². The van der Waals surface area contributed by atoms with E-state index >= 15 is 0 Å². The monoisotopic (exact) mass is 323 g/mol. The van der Waals surface area contributed by atoms with Gasteiger partial charge in [-0.25, -0.2) is 8.78 Å². The zero-order chi connectivity index (χ0) is 13.7. The van der Waals surface area contributed by atoms with Gasteiger partial charge < -0.3 is 9.47 Å². The fourth-order valence-corrected chi connectivity index (χ4v) is 1.85. The molecular formula is C11H12BrF2NO3. The summed E-state index contributed by atoms with van der Waals surface area (Å²) in [4.78, 5) is 15.0. The zero-order valence-electron chi connectivity index (χ0n) is 9.87. The van der Waals surface area contributed by atoms with Crippen LogP contribution < -0.4 is 4.74 Å². The van der Waals surface area contributed by atoms with Gasteiger partial charge in [0.25, 0.3) is 6.43 Å². The number of hydrogen-bond donors (Lipinski definition) is 0. The van der Waals surface area contributed by atoms with Gasteiger partial charge in [0.15, 0.2) is 5.75 Å². The number of esters is 1. The van der Waals surface area contributed by atoms with Crippen LogP contribution in [0.25, 0.3) is 0 Å². The highest BCUT2D eigenvalue weighted by atomic mass is 79.9. The summed E-state index contributed by atoms with van der Waals surface area (Å²) in [5.74, 6) is -0.602. The molecule has 0 aliphatic heterocycles. The van der Waals surface area contributed by atoms with Crippen LogP contribution in [0.3, 0.4) is 0 Å². The SMILES string of the molecule is CCOC(=O)Cc1c(Br)cnc(C(F)F)c1OC. The summed E-state index contributed by atoms with van der Waals surface area (Å²) < 4.78 is 35.6. The topological polar surface area (TPSA) is 48.4 Å². The molecule has 0 spiro atoms. The van der Waals surface area contributed by atoms with Crippen LogP contribution in [0.2, 0.25) is 0 Å². The van der Waals surface area contributed by atoms with Crippen LogP contribution in [-0.4, -0.2) is 24.7 Å². The highest BCUT2D eigenvalue weighted by molar-refractivity contribution is 9.10. The van der Waals surface area contributed by atoms with Crippen molar-refractivity contribution < 1.29 is 23.0 Å². The molecular weight excluding hydrogens is 312 g/mol. The smallest absolute Gasteiger partial charge is 0.310 e. The second-order valence-corrected chi connectivity index (χ2v) is 4.14. The number of ether oxygens (including phenoxy) is 2. The third-order valence-corrected chi connectivity index (χ3v) is 2.83. The summed E-state index contributed by atoms with van der Waals surface area (Å²) >= 11 is 3.16. The maximum atomic E-state index is 12.7. The molecule has 0 saturated carbocycles. The molecule has 100 valence electrons. The lowest BCUT2D eigenvalue weighted by Gasteiger charge is -2.13. The van der Waals surface area contributed by atoms with Crippen LogP contribution in [0.15, 0.2) is 10.7 Å². The van der Waals surface area contributed by atoms with Gasteiger partial charge in [-0.3, -0.25) is 9.78 Å². The molecule has 0 bridgehead atoms. The van der Waals surface area contributed by atoms with Gasteiger partial charge in [-0.05, 0) is 22.9 Å². The van der Waals surface area contributed by atoms with Crippen molar-refractivity contribution in [3.8, 4) is 5.75 Å². The number of methoxy groups -OCH3 is 1. The Morgan fingerprint density at radius 2 is 2.22 bits per heavy atom. The van der Waals surface area contributed by atoms with Gasteiger partial charge in [0.05, 0.1) is 20.1 Å². The van der Waals surface area contributed by atoms with Crippen LogP contribution in [0, 0.1) is 0 Å². The van der Waals surface area contributed by atoms with Gasteiger partial charge in [0.1, 0.15) is 5.69 Å². The van der Waals surface area contributed by atoms with Crippen molar-refractivity contribution in [2.24, 2.45) is 0 Å². The Kier molecular flexibility index (Phi) is 5.46. The van der Waals surface area contributed by atoms with E-state index < -0.39 is 18.1 Å². The van der Waals surface area contributed by atoms with Crippen molar-refractivity contribution in [2.75, 3.05) is 13.7 Å². The summed E-state index contributed by atoms with van der Waals surface area (Å²) in [6.07, 6.45) is -1.70. The molecule has 18 heavy (non-hydrogen) atoms. The Morgan fingerprint density at radius 1 is 1.56 bits per heavy atom. The first-order valence-electron chi connectivity index (χ1n) is 5.16. The Bertz CT molecular complexity index is 441. The normalized spacial score (nSPS) is 10.6. The van der Waals surface area contributed by atoms with Gasteiger partial charge in [0, 0.05) is 16.2 Å². The number of rotatable bonds is 5. The summed E-state index contributed by atoms with van der Waals surface area (Å²) in [5, 5.41) is 0. The van der Waals surface area contributed by atoms with Crippen LogP contribution in [0.4, 0.5) is 8.78 Å². The van der Waals surface area contributed by atoms with Crippen molar-refractivity contribution in [1.29, 1.82) is 0 Å². The largest absolute Gasteiger partial charge is 0.494 e. The number of aromatic nitrogens is 1. The standard InChI is InChI=1S/C11H12BrF2NO3/c1-3-18-8(16)4-6-7(12)5-15-9(11(13)14)10(6)17-2/h5,11H,3-4H2,1-2H3. The van der Waals surface area contributed by atoms with Crippen molar-refractivity contribution in [3.05, 3.63) is 21.9 Å². The second-order valence-electron chi connectivity index (χ2n) is 3.29. The molecule has 0 radical (unpaired) electrons. The van der Waals surface area contributed by atoms with Crippen LogP contribution in [0.1, 0.15) is 24.6 Å². The molecule has 1 heterocycles. The maximum Gasteiger partial charge on any atom is 0.310 e. The van der Waals surface area contributed by atoms with E-state index in [0.717, 1.165) is 0 Å². The van der Waals surface area contributed by atoms with E-state index in [-0.39, 0.29) is 18.8 Å². The zero-order valence-corrected chi connectivity index (χ0v) is 11.5. The highest BCUT2D eigenvalue weighted by Gasteiger charge is 2.22. The Hall–Kier alpha value is -1.24. The average molecular weight is 324 g/mol. The molecule has 4 nitrogen and oxygen atoms in total. The highest BCUT2D eigenvalue weighted by Crippen LogP contribution is 2.34. The van der Waals surface area contributed by atoms with Crippen LogP contribution in [-0.2, 0) is 16.0 Å². The van der Waals surface area contributed by atoms with Gasteiger partial charge in [-0.1, -0.05) is 0 Å². The Morgan fingerprint density at radius 3 is 2.72 bits per heavy atom. The Balaban J connectivity index is 3.15. The van der Waals surface area contributed by atoms with Crippen molar-refractivity contribution >= 4 is 21.9 Å². The third kappa shape index (κ3) is 3.38. The molecule has 0 fully saturated rings. The predicted molar refractivity (Wildman–Crippen MR) is 63.8 cm³/mol. The number of halogens is 3. The van der Waals surface area contributed by atoms with E-state index in [1.807, 2.05) is 0 Å². The molecule has 0 N–H and O–H groups in total. The molecule has 1 rings (SSSR count). The average Bonchev–Trinajstić information content (AvgIpc) is 2.31. The first-order valence-corrected chi connectivity index (χ1v) is 5.95. The van der Waals surface area contributed by atoms with Crippen LogP contribution in [0.5, 0.6) is 5.75 Å². The molecule has 0 amide bonds. The quantitative estimate of drug-likeness (QED) is 0.782. The summed E-state index contributed by atoms with van der Waals surface area (Å²) in [5.41, 5.74) is -0.179. The van der Waals surface area contributed by atoms with Crippen molar-refractivity contribution in [1.82, 2.24) is 4.98 Å². The summed E-state index contributed by atoms with van der Waals surface area (Å²) in [7, 11) is 1.25. The number of pyridine rings is 1. The predicted octanol–water partition coefficient (Wildman–Crippen LogP) is 2.90.